The molecule has 0 spiro atoms. The number of aliphatic imine (C=N–C) groups is 1. The zero-order chi connectivity index (χ0) is 14.7. The number of furan rings is 1. The third kappa shape index (κ3) is 2.30. The van der Waals surface area contributed by atoms with E-state index < -0.39 is 11.9 Å². The van der Waals surface area contributed by atoms with E-state index in [4.69, 9.17) is 22.5 Å². The number of hydrogen-bond acceptors (Lipinski definition) is 3. The summed E-state index contributed by atoms with van der Waals surface area (Å²) in [4.78, 5) is 18.7. The lowest BCUT2D eigenvalue weighted by Gasteiger charge is -2.08. The van der Waals surface area contributed by atoms with Gasteiger partial charge < -0.3 is 21.0 Å². The lowest BCUT2D eigenvalue weighted by molar-refractivity contribution is 0.100. The largest absolute Gasteiger partial charge is 0.507 e. The van der Waals surface area contributed by atoms with E-state index in [9.17, 15) is 9.90 Å². The summed E-state index contributed by atoms with van der Waals surface area (Å²) in [6.07, 6.45) is 1.39. The number of carbonyl (C=O) groups excluding carboxylic acids is 1. The van der Waals surface area contributed by atoms with Crippen molar-refractivity contribution in [1.29, 1.82) is 0 Å². The van der Waals surface area contributed by atoms with Crippen LogP contribution in [0.5, 0.6) is 5.75 Å². The summed E-state index contributed by atoms with van der Waals surface area (Å²) in [5.74, 6) is -1.35. The highest BCUT2D eigenvalue weighted by molar-refractivity contribution is 6.09. The number of guanidine groups is 1. The van der Waals surface area contributed by atoms with E-state index in [0.29, 0.717) is 0 Å². The standard InChI is InChI=1S/C13H10N4O3/c1-16-7-4-5-8(18)11(12(19)17-13(14)15)10(7)9-3-2-6-20-9/h2-6,18H,(H4,14,15,17,19). The Balaban J connectivity index is 2.76. The van der Waals surface area contributed by atoms with Crippen molar-refractivity contribution < 1.29 is 14.3 Å². The minimum atomic E-state index is -0.848. The van der Waals surface area contributed by atoms with Crippen molar-refractivity contribution >= 4 is 17.6 Å². The molecule has 7 heteroatoms. The van der Waals surface area contributed by atoms with Gasteiger partial charge in [0.1, 0.15) is 11.5 Å². The Bertz CT molecular complexity index is 723. The monoisotopic (exact) mass is 270 g/mol. The van der Waals surface area contributed by atoms with Crippen molar-refractivity contribution in [2.45, 2.75) is 0 Å². The van der Waals surface area contributed by atoms with Gasteiger partial charge in [0.15, 0.2) is 11.6 Å². The van der Waals surface area contributed by atoms with Crippen molar-refractivity contribution in [3.05, 3.63) is 47.5 Å². The summed E-state index contributed by atoms with van der Waals surface area (Å²) in [5, 5.41) is 9.88. The highest BCUT2D eigenvalue weighted by Gasteiger charge is 2.22. The number of rotatable bonds is 2. The van der Waals surface area contributed by atoms with Crippen LogP contribution in [0.2, 0.25) is 0 Å². The first-order valence-electron chi connectivity index (χ1n) is 5.46. The second kappa shape index (κ2) is 5.16. The smallest absolute Gasteiger partial charge is 0.283 e. The average molecular weight is 270 g/mol. The van der Waals surface area contributed by atoms with E-state index in [1.807, 2.05) is 0 Å². The van der Waals surface area contributed by atoms with Gasteiger partial charge >= 0.3 is 0 Å². The van der Waals surface area contributed by atoms with Crippen LogP contribution in [-0.4, -0.2) is 17.0 Å². The molecule has 0 radical (unpaired) electrons. The Kier molecular flexibility index (Phi) is 3.39. The molecule has 0 saturated heterocycles. The third-order valence-electron chi connectivity index (χ3n) is 2.49. The van der Waals surface area contributed by atoms with Gasteiger partial charge in [-0.2, -0.15) is 4.99 Å². The van der Waals surface area contributed by atoms with Crippen LogP contribution < -0.4 is 11.5 Å². The van der Waals surface area contributed by atoms with Crippen LogP contribution in [0.15, 0.2) is 39.9 Å². The van der Waals surface area contributed by atoms with E-state index in [0.717, 1.165) is 0 Å². The second-order valence-electron chi connectivity index (χ2n) is 3.78. The highest BCUT2D eigenvalue weighted by atomic mass is 16.3. The van der Waals surface area contributed by atoms with E-state index in [2.05, 4.69) is 9.84 Å². The quantitative estimate of drug-likeness (QED) is 0.435. The predicted molar refractivity (Wildman–Crippen MR) is 72.2 cm³/mol. The molecule has 0 aliphatic rings. The molecule has 100 valence electrons. The molecule has 0 saturated carbocycles. The Hall–Kier alpha value is -3.27. The molecule has 2 rings (SSSR count). The van der Waals surface area contributed by atoms with Gasteiger partial charge in [0.2, 0.25) is 0 Å². The number of aromatic hydroxyl groups is 1. The van der Waals surface area contributed by atoms with Crippen LogP contribution in [0.4, 0.5) is 5.69 Å². The number of benzene rings is 1. The van der Waals surface area contributed by atoms with Crippen molar-refractivity contribution in [2.75, 3.05) is 0 Å². The minimum Gasteiger partial charge on any atom is -0.507 e. The van der Waals surface area contributed by atoms with Crippen LogP contribution in [0.3, 0.4) is 0 Å². The fourth-order valence-electron chi connectivity index (χ4n) is 1.73. The molecule has 7 nitrogen and oxygen atoms in total. The van der Waals surface area contributed by atoms with Gasteiger partial charge in [-0.15, -0.1) is 0 Å². The SMILES string of the molecule is [C-]#[N+]c1ccc(O)c(C(=O)N=C(N)N)c1-c1ccco1. The molecule has 1 aromatic heterocycles. The number of nitrogens with two attached hydrogens (primary N) is 2. The fourth-order valence-corrected chi connectivity index (χ4v) is 1.73. The number of nitrogens with zero attached hydrogens (tertiary/aromatic N) is 2. The molecule has 1 heterocycles. The van der Waals surface area contributed by atoms with Gasteiger partial charge in [-0.1, -0.05) is 6.07 Å². The normalized spacial score (nSPS) is 9.75. The van der Waals surface area contributed by atoms with Crippen LogP contribution in [-0.2, 0) is 0 Å². The minimum absolute atomic E-state index is 0.145. The summed E-state index contributed by atoms with van der Waals surface area (Å²) in [6.45, 7) is 7.14. The topological polar surface area (TPSA) is 119 Å². The Morgan fingerprint density at radius 2 is 2.10 bits per heavy atom. The molecule has 0 atom stereocenters. The van der Waals surface area contributed by atoms with Gasteiger partial charge in [0.05, 0.1) is 18.4 Å². The molecule has 20 heavy (non-hydrogen) atoms. The lowest BCUT2D eigenvalue weighted by atomic mass is 10.0. The van der Waals surface area contributed by atoms with Crippen molar-refractivity contribution in [3.63, 3.8) is 0 Å². The molecular formula is C13H10N4O3. The van der Waals surface area contributed by atoms with Gasteiger partial charge in [-0.3, -0.25) is 4.79 Å². The predicted octanol–water partition coefficient (Wildman–Crippen LogP) is 1.62. The first-order chi connectivity index (χ1) is 9.54. The first-order valence-corrected chi connectivity index (χ1v) is 5.46. The first kappa shape index (κ1) is 13.2. The number of phenols is 1. The van der Waals surface area contributed by atoms with Gasteiger partial charge in [0.25, 0.3) is 5.91 Å². The number of carbonyl (C=O) groups is 1. The molecule has 0 fully saturated rings. The third-order valence-corrected chi connectivity index (χ3v) is 2.49. The zero-order valence-corrected chi connectivity index (χ0v) is 10.2. The van der Waals surface area contributed by atoms with Crippen LogP contribution in [0.1, 0.15) is 10.4 Å². The van der Waals surface area contributed by atoms with Gasteiger partial charge in [-0.25, -0.2) is 4.85 Å². The molecule has 0 bridgehead atoms. The maximum atomic E-state index is 12.0. The van der Waals surface area contributed by atoms with E-state index >= 15 is 0 Å². The van der Waals surface area contributed by atoms with E-state index in [1.54, 1.807) is 12.1 Å². The summed E-state index contributed by atoms with van der Waals surface area (Å²) >= 11 is 0. The molecule has 1 aromatic carbocycles. The Morgan fingerprint density at radius 3 is 2.65 bits per heavy atom. The van der Waals surface area contributed by atoms with Crippen LogP contribution in [0, 0.1) is 6.57 Å². The molecule has 1 amide bonds. The van der Waals surface area contributed by atoms with Crippen molar-refractivity contribution in [1.82, 2.24) is 0 Å². The molecular weight excluding hydrogens is 260 g/mol. The average Bonchev–Trinajstić information content (AvgIpc) is 2.90. The maximum Gasteiger partial charge on any atom is 0.283 e. The second-order valence-corrected chi connectivity index (χ2v) is 3.78. The van der Waals surface area contributed by atoms with Crippen molar-refractivity contribution in [3.8, 4) is 17.1 Å². The highest BCUT2D eigenvalue weighted by Crippen LogP contribution is 2.39. The summed E-state index contributed by atoms with van der Waals surface area (Å²) in [5.41, 5.74) is 10.4. The number of hydrogen-bond donors (Lipinski definition) is 3. The number of amides is 1. The molecule has 0 aliphatic carbocycles. The van der Waals surface area contributed by atoms with Crippen LogP contribution in [0.25, 0.3) is 16.2 Å². The van der Waals surface area contributed by atoms with Crippen LogP contribution >= 0.6 is 0 Å². The molecule has 0 aliphatic heterocycles. The van der Waals surface area contributed by atoms with Crippen molar-refractivity contribution in [2.24, 2.45) is 16.5 Å². The zero-order valence-electron chi connectivity index (χ0n) is 10.2. The van der Waals surface area contributed by atoms with E-state index in [-0.39, 0.29) is 28.3 Å². The summed E-state index contributed by atoms with van der Waals surface area (Å²) < 4.78 is 5.20. The molecule has 5 N–H and O–H groups in total. The maximum absolute atomic E-state index is 12.0. The van der Waals surface area contributed by atoms with E-state index in [1.165, 1.54) is 18.4 Å². The summed E-state index contributed by atoms with van der Waals surface area (Å²) in [6, 6.07) is 5.78. The number of phenolic OH excluding ortho intramolecular Hbond substituents is 1. The molecule has 0 unspecified atom stereocenters. The summed E-state index contributed by atoms with van der Waals surface area (Å²) in [7, 11) is 0. The van der Waals surface area contributed by atoms with Gasteiger partial charge in [-0.05, 0) is 18.2 Å². The lowest BCUT2D eigenvalue weighted by Crippen LogP contribution is -2.24. The van der Waals surface area contributed by atoms with Gasteiger partial charge in [0, 0.05) is 5.56 Å². The Morgan fingerprint density at radius 1 is 1.35 bits per heavy atom. The fraction of sp³-hybridized carbons (Fsp3) is 0. The Labute approximate surface area is 114 Å². The molecule has 2 aromatic rings.